The number of methoxy groups -OCH3 is 1. The topological polar surface area (TPSA) is 30.5 Å². The lowest BCUT2D eigenvalue weighted by molar-refractivity contribution is 0.283. The number of hydrogen-bond donors (Lipinski definition) is 1. The van der Waals surface area contributed by atoms with E-state index in [0.29, 0.717) is 19.6 Å². The Morgan fingerprint density at radius 1 is 0.879 bits per heavy atom. The molecule has 0 aliphatic heterocycles. The molecule has 0 heterocycles. The molecule has 4 aromatic rings. The van der Waals surface area contributed by atoms with Crippen LogP contribution in [0.2, 0.25) is 0 Å². The van der Waals surface area contributed by atoms with Crippen molar-refractivity contribution in [1.82, 2.24) is 0 Å². The van der Waals surface area contributed by atoms with E-state index in [-0.39, 0.29) is 0 Å². The van der Waals surface area contributed by atoms with E-state index in [2.05, 4.69) is 97.7 Å². The molecule has 4 rings (SSSR count). The quantitative estimate of drug-likeness (QED) is 0.263. The third kappa shape index (κ3) is 5.38. The van der Waals surface area contributed by atoms with Crippen LogP contribution in [0.1, 0.15) is 29.2 Å². The van der Waals surface area contributed by atoms with Gasteiger partial charge in [0.05, 0.1) is 7.11 Å². The van der Waals surface area contributed by atoms with Gasteiger partial charge in [0, 0.05) is 17.8 Å². The van der Waals surface area contributed by atoms with Crippen LogP contribution in [0.3, 0.4) is 0 Å². The van der Waals surface area contributed by atoms with E-state index in [1.54, 1.807) is 7.11 Å². The number of ether oxygens (including phenoxy) is 2. The first-order valence-electron chi connectivity index (χ1n) is 11.4. The second kappa shape index (κ2) is 10.7. The van der Waals surface area contributed by atoms with E-state index < -0.39 is 0 Å². The molecule has 0 unspecified atom stereocenters. The summed E-state index contributed by atoms with van der Waals surface area (Å²) in [5.41, 5.74) is 5.81. The molecule has 0 atom stereocenters. The van der Waals surface area contributed by atoms with E-state index in [4.69, 9.17) is 9.47 Å². The molecule has 0 fully saturated rings. The molecule has 0 amide bonds. The monoisotopic (exact) mass is 437 g/mol. The standard InChI is InChI=1S/C30H31NO2/c1-4-9-25-18-23(20-31-27-16-14-22(5-2)15-17-27)19-29(32-3)30(25)33-21-26-12-8-11-24-10-6-7-13-28(24)26/h4,6-8,10-19,31H,1,5,9,20-21H2,2-3H3. The van der Waals surface area contributed by atoms with Crippen LogP contribution in [0.25, 0.3) is 10.8 Å². The molecule has 0 bridgehead atoms. The van der Waals surface area contributed by atoms with E-state index in [1.807, 2.05) is 6.08 Å². The van der Waals surface area contributed by atoms with Crippen LogP contribution < -0.4 is 14.8 Å². The first kappa shape index (κ1) is 22.5. The minimum absolute atomic E-state index is 0.475. The van der Waals surface area contributed by atoms with Crippen molar-refractivity contribution in [2.24, 2.45) is 0 Å². The Morgan fingerprint density at radius 2 is 1.67 bits per heavy atom. The number of anilines is 1. The first-order chi connectivity index (χ1) is 16.2. The highest BCUT2D eigenvalue weighted by molar-refractivity contribution is 5.85. The molecule has 33 heavy (non-hydrogen) atoms. The first-order valence-corrected chi connectivity index (χ1v) is 11.4. The summed E-state index contributed by atoms with van der Waals surface area (Å²) >= 11 is 0. The fourth-order valence-corrected chi connectivity index (χ4v) is 4.08. The van der Waals surface area contributed by atoms with E-state index in [9.17, 15) is 0 Å². The zero-order valence-electron chi connectivity index (χ0n) is 19.4. The van der Waals surface area contributed by atoms with Crippen LogP contribution in [-0.2, 0) is 26.0 Å². The van der Waals surface area contributed by atoms with Crippen LogP contribution >= 0.6 is 0 Å². The van der Waals surface area contributed by atoms with Gasteiger partial charge in [-0.2, -0.15) is 0 Å². The van der Waals surface area contributed by atoms with Crippen molar-refractivity contribution in [2.75, 3.05) is 12.4 Å². The molecular formula is C30H31NO2. The Kier molecular flexibility index (Phi) is 7.31. The molecule has 3 nitrogen and oxygen atoms in total. The maximum Gasteiger partial charge on any atom is 0.165 e. The number of nitrogens with one attached hydrogen (secondary N) is 1. The Balaban J connectivity index is 1.56. The molecule has 0 spiro atoms. The molecule has 0 aromatic heterocycles. The third-order valence-electron chi connectivity index (χ3n) is 5.89. The molecule has 4 aromatic carbocycles. The molecular weight excluding hydrogens is 406 g/mol. The van der Waals surface area contributed by atoms with Gasteiger partial charge < -0.3 is 14.8 Å². The zero-order valence-corrected chi connectivity index (χ0v) is 19.4. The van der Waals surface area contributed by atoms with Gasteiger partial charge in [0.2, 0.25) is 0 Å². The maximum absolute atomic E-state index is 6.36. The summed E-state index contributed by atoms with van der Waals surface area (Å²) in [5.74, 6) is 1.52. The summed E-state index contributed by atoms with van der Waals surface area (Å²) in [6.45, 7) is 7.29. The average Bonchev–Trinajstić information content (AvgIpc) is 2.87. The van der Waals surface area contributed by atoms with Crippen molar-refractivity contribution in [3.63, 3.8) is 0 Å². The van der Waals surface area contributed by atoms with Crippen LogP contribution in [0, 0.1) is 0 Å². The summed E-state index contributed by atoms with van der Waals surface area (Å²) in [7, 11) is 1.69. The summed E-state index contributed by atoms with van der Waals surface area (Å²) in [6.07, 6.45) is 3.66. The normalized spacial score (nSPS) is 10.7. The van der Waals surface area contributed by atoms with E-state index in [1.165, 1.54) is 16.3 Å². The molecule has 0 radical (unpaired) electrons. The van der Waals surface area contributed by atoms with Crippen LogP contribution in [-0.4, -0.2) is 7.11 Å². The average molecular weight is 438 g/mol. The fraction of sp³-hybridized carbons (Fsp3) is 0.200. The van der Waals surface area contributed by atoms with Crippen LogP contribution in [0.5, 0.6) is 11.5 Å². The van der Waals surface area contributed by atoms with Gasteiger partial charge in [0.15, 0.2) is 11.5 Å². The number of rotatable bonds is 10. The van der Waals surface area contributed by atoms with Crippen LogP contribution in [0.4, 0.5) is 5.69 Å². The fourth-order valence-electron chi connectivity index (χ4n) is 4.08. The second-order valence-corrected chi connectivity index (χ2v) is 8.11. The Bertz CT molecular complexity index is 1220. The van der Waals surface area contributed by atoms with Crippen molar-refractivity contribution in [1.29, 1.82) is 0 Å². The van der Waals surface area contributed by atoms with Gasteiger partial charge >= 0.3 is 0 Å². The van der Waals surface area contributed by atoms with E-state index in [0.717, 1.165) is 40.3 Å². The van der Waals surface area contributed by atoms with Gasteiger partial charge in [0.1, 0.15) is 6.61 Å². The van der Waals surface area contributed by atoms with Gasteiger partial charge in [-0.3, -0.25) is 0 Å². The highest BCUT2D eigenvalue weighted by Gasteiger charge is 2.14. The predicted molar refractivity (Wildman–Crippen MR) is 138 cm³/mol. The number of fused-ring (bicyclic) bond motifs is 1. The highest BCUT2D eigenvalue weighted by atomic mass is 16.5. The minimum atomic E-state index is 0.475. The van der Waals surface area contributed by atoms with Gasteiger partial charge in [-0.25, -0.2) is 0 Å². The van der Waals surface area contributed by atoms with Gasteiger partial charge in [-0.05, 0) is 64.6 Å². The van der Waals surface area contributed by atoms with Gasteiger partial charge in [-0.15, -0.1) is 6.58 Å². The van der Waals surface area contributed by atoms with Gasteiger partial charge in [-0.1, -0.05) is 67.6 Å². The van der Waals surface area contributed by atoms with Crippen molar-refractivity contribution >= 4 is 16.5 Å². The molecule has 1 N–H and O–H groups in total. The Labute approximate surface area is 196 Å². The maximum atomic E-state index is 6.36. The summed E-state index contributed by atoms with van der Waals surface area (Å²) in [4.78, 5) is 0. The lowest BCUT2D eigenvalue weighted by atomic mass is 10.0. The summed E-state index contributed by atoms with van der Waals surface area (Å²) in [5, 5.41) is 5.93. The largest absolute Gasteiger partial charge is 0.493 e. The molecule has 168 valence electrons. The van der Waals surface area contributed by atoms with Crippen molar-refractivity contribution in [3.05, 3.63) is 114 Å². The number of allylic oxidation sites excluding steroid dienone is 1. The number of benzene rings is 4. The van der Waals surface area contributed by atoms with E-state index >= 15 is 0 Å². The zero-order chi connectivity index (χ0) is 23.0. The minimum Gasteiger partial charge on any atom is -0.493 e. The SMILES string of the molecule is C=CCc1cc(CNc2ccc(CC)cc2)cc(OC)c1OCc1cccc2ccccc12. The number of aryl methyl sites for hydroxylation is 1. The number of hydrogen-bond acceptors (Lipinski definition) is 3. The second-order valence-electron chi connectivity index (χ2n) is 8.11. The van der Waals surface area contributed by atoms with Gasteiger partial charge in [0.25, 0.3) is 0 Å². The molecule has 3 heteroatoms. The lowest BCUT2D eigenvalue weighted by Crippen LogP contribution is -2.05. The molecule has 0 saturated heterocycles. The highest BCUT2D eigenvalue weighted by Crippen LogP contribution is 2.35. The lowest BCUT2D eigenvalue weighted by Gasteiger charge is -2.18. The summed E-state index contributed by atoms with van der Waals surface area (Å²) in [6, 6.07) is 27.5. The van der Waals surface area contributed by atoms with Crippen molar-refractivity contribution < 1.29 is 9.47 Å². The smallest absolute Gasteiger partial charge is 0.165 e. The molecule has 0 saturated carbocycles. The summed E-state index contributed by atoms with van der Waals surface area (Å²) < 4.78 is 12.1. The Hall–Kier alpha value is -3.72. The van der Waals surface area contributed by atoms with Crippen LogP contribution in [0.15, 0.2) is 91.5 Å². The molecule has 0 aliphatic rings. The molecule has 0 aliphatic carbocycles. The van der Waals surface area contributed by atoms with Crippen molar-refractivity contribution in [3.8, 4) is 11.5 Å². The van der Waals surface area contributed by atoms with Crippen molar-refractivity contribution in [2.45, 2.75) is 32.9 Å². The Morgan fingerprint density at radius 3 is 2.42 bits per heavy atom. The third-order valence-corrected chi connectivity index (χ3v) is 5.89. The predicted octanol–water partition coefficient (Wildman–Crippen LogP) is 7.33.